The maximum Gasteiger partial charge on any atom is 0.223 e. The molecule has 23 heavy (non-hydrogen) atoms. The number of pyridine rings is 2. The number of fused-ring (bicyclic) bond motifs is 2. The summed E-state index contributed by atoms with van der Waals surface area (Å²) >= 11 is 0. The molecule has 1 atom stereocenters. The fourth-order valence-electron chi connectivity index (χ4n) is 3.24. The first-order valence-corrected chi connectivity index (χ1v) is 7.92. The lowest BCUT2D eigenvalue weighted by molar-refractivity contribution is -0.125. The molecule has 0 fully saturated rings. The minimum absolute atomic E-state index is 0.0396. The Labute approximate surface area is 134 Å². The number of aryl methyl sites for hydroxylation is 1. The van der Waals surface area contributed by atoms with Crippen LogP contribution in [0.1, 0.15) is 23.4 Å². The lowest BCUT2D eigenvalue weighted by atomic mass is 9.86. The van der Waals surface area contributed by atoms with Crippen LogP contribution in [0, 0.1) is 5.92 Å². The molecular formula is C18H18N4O. The van der Waals surface area contributed by atoms with Crippen molar-refractivity contribution in [3.05, 3.63) is 59.8 Å². The van der Waals surface area contributed by atoms with Crippen molar-refractivity contribution in [3.63, 3.8) is 0 Å². The molecule has 2 N–H and O–H groups in total. The summed E-state index contributed by atoms with van der Waals surface area (Å²) in [5.41, 5.74) is 4.39. The fraction of sp³-hybridized carbons (Fsp3) is 0.278. The fourth-order valence-corrected chi connectivity index (χ4v) is 3.24. The highest BCUT2D eigenvalue weighted by Crippen LogP contribution is 2.24. The molecule has 0 bridgehead atoms. The number of amides is 1. The Kier molecular flexibility index (Phi) is 3.54. The first kappa shape index (κ1) is 13.9. The number of carbonyl (C=O) groups is 1. The van der Waals surface area contributed by atoms with Gasteiger partial charge >= 0.3 is 0 Å². The van der Waals surface area contributed by atoms with Crippen LogP contribution in [0.25, 0.3) is 10.9 Å². The van der Waals surface area contributed by atoms with E-state index in [2.05, 4.69) is 26.3 Å². The molecule has 3 aromatic rings. The van der Waals surface area contributed by atoms with Crippen LogP contribution in [0.5, 0.6) is 0 Å². The van der Waals surface area contributed by atoms with Gasteiger partial charge in [0.25, 0.3) is 0 Å². The van der Waals surface area contributed by atoms with Crippen molar-refractivity contribution in [3.8, 4) is 0 Å². The second-order valence-electron chi connectivity index (χ2n) is 6.02. The van der Waals surface area contributed by atoms with Crippen molar-refractivity contribution in [2.75, 3.05) is 0 Å². The predicted octanol–water partition coefficient (Wildman–Crippen LogP) is 2.38. The summed E-state index contributed by atoms with van der Waals surface area (Å²) in [5, 5.41) is 4.11. The normalized spacial score (nSPS) is 17.0. The summed E-state index contributed by atoms with van der Waals surface area (Å²) in [6.07, 6.45) is 7.94. The molecule has 1 aliphatic rings. The molecule has 0 spiro atoms. The molecule has 0 saturated heterocycles. The molecule has 0 radical (unpaired) electrons. The van der Waals surface area contributed by atoms with Gasteiger partial charge in [0, 0.05) is 46.8 Å². The number of rotatable bonds is 3. The minimum Gasteiger partial charge on any atom is -0.357 e. The highest BCUT2D eigenvalue weighted by Gasteiger charge is 2.24. The first-order valence-electron chi connectivity index (χ1n) is 7.92. The topological polar surface area (TPSA) is 70.7 Å². The van der Waals surface area contributed by atoms with Gasteiger partial charge in [0.2, 0.25) is 5.91 Å². The highest BCUT2D eigenvalue weighted by molar-refractivity contribution is 5.81. The van der Waals surface area contributed by atoms with Crippen LogP contribution in [-0.4, -0.2) is 20.9 Å². The molecule has 116 valence electrons. The average molecular weight is 306 g/mol. The van der Waals surface area contributed by atoms with E-state index in [1.165, 1.54) is 5.56 Å². The van der Waals surface area contributed by atoms with Crippen LogP contribution in [-0.2, 0) is 24.2 Å². The van der Waals surface area contributed by atoms with E-state index in [-0.39, 0.29) is 11.8 Å². The van der Waals surface area contributed by atoms with Gasteiger partial charge in [-0.15, -0.1) is 0 Å². The SMILES string of the molecule is O=C(NCc1cc2cnccc2[nH]1)C1CCc2ncccc2C1. The molecule has 0 aliphatic heterocycles. The third-order valence-corrected chi connectivity index (χ3v) is 4.48. The van der Waals surface area contributed by atoms with Crippen LogP contribution < -0.4 is 5.32 Å². The summed E-state index contributed by atoms with van der Waals surface area (Å²) < 4.78 is 0. The van der Waals surface area contributed by atoms with Crippen molar-refractivity contribution >= 4 is 16.8 Å². The van der Waals surface area contributed by atoms with E-state index in [1.54, 1.807) is 6.20 Å². The van der Waals surface area contributed by atoms with Crippen molar-refractivity contribution in [1.82, 2.24) is 20.3 Å². The molecule has 5 nitrogen and oxygen atoms in total. The monoisotopic (exact) mass is 306 g/mol. The van der Waals surface area contributed by atoms with Crippen molar-refractivity contribution in [1.29, 1.82) is 0 Å². The van der Waals surface area contributed by atoms with Crippen LogP contribution in [0.15, 0.2) is 42.9 Å². The molecule has 1 unspecified atom stereocenters. The Hall–Kier alpha value is -2.69. The summed E-state index contributed by atoms with van der Waals surface area (Å²) in [5.74, 6) is 0.161. The Morgan fingerprint density at radius 1 is 1.35 bits per heavy atom. The molecule has 0 aromatic carbocycles. The number of H-pyrrole nitrogens is 1. The van der Waals surface area contributed by atoms with Gasteiger partial charge in [0.15, 0.2) is 0 Å². The Morgan fingerprint density at radius 3 is 3.22 bits per heavy atom. The maximum absolute atomic E-state index is 12.4. The summed E-state index contributed by atoms with van der Waals surface area (Å²) in [6.45, 7) is 0.518. The molecule has 3 heterocycles. The molecule has 5 heteroatoms. The number of nitrogens with zero attached hydrogens (tertiary/aromatic N) is 2. The van der Waals surface area contributed by atoms with E-state index < -0.39 is 0 Å². The third-order valence-electron chi connectivity index (χ3n) is 4.48. The largest absolute Gasteiger partial charge is 0.357 e. The smallest absolute Gasteiger partial charge is 0.223 e. The minimum atomic E-state index is 0.0396. The van der Waals surface area contributed by atoms with Gasteiger partial charge in [0.05, 0.1) is 6.54 Å². The van der Waals surface area contributed by atoms with Gasteiger partial charge in [-0.05, 0) is 43.0 Å². The lowest BCUT2D eigenvalue weighted by Gasteiger charge is -2.22. The zero-order valence-electron chi connectivity index (χ0n) is 12.7. The average Bonchev–Trinajstić information content (AvgIpc) is 3.02. The van der Waals surface area contributed by atoms with Crippen LogP contribution >= 0.6 is 0 Å². The molecule has 3 aromatic heterocycles. The van der Waals surface area contributed by atoms with Crippen molar-refractivity contribution in [2.45, 2.75) is 25.8 Å². The van der Waals surface area contributed by atoms with Crippen LogP contribution in [0.3, 0.4) is 0 Å². The molecule has 1 aliphatic carbocycles. The van der Waals surface area contributed by atoms with Gasteiger partial charge in [-0.2, -0.15) is 0 Å². The Balaban J connectivity index is 1.40. The van der Waals surface area contributed by atoms with Crippen molar-refractivity contribution in [2.24, 2.45) is 5.92 Å². The zero-order chi connectivity index (χ0) is 15.6. The maximum atomic E-state index is 12.4. The molecule has 1 amide bonds. The standard InChI is InChI=1S/C18H18N4O/c23-18(13-3-4-16-12(8-13)2-1-6-20-16)21-11-15-9-14-10-19-7-5-17(14)22-15/h1-2,5-7,9-10,13,22H,3-4,8,11H2,(H,21,23). The predicted molar refractivity (Wildman–Crippen MR) is 87.7 cm³/mol. The number of carbonyl (C=O) groups excluding carboxylic acids is 1. The third kappa shape index (κ3) is 2.82. The quantitative estimate of drug-likeness (QED) is 0.780. The van der Waals surface area contributed by atoms with Gasteiger partial charge in [-0.3, -0.25) is 14.8 Å². The van der Waals surface area contributed by atoms with Gasteiger partial charge in [-0.25, -0.2) is 0 Å². The summed E-state index contributed by atoms with van der Waals surface area (Å²) in [7, 11) is 0. The van der Waals surface area contributed by atoms with E-state index in [1.807, 2.05) is 30.6 Å². The second kappa shape index (κ2) is 5.83. The summed E-state index contributed by atoms with van der Waals surface area (Å²) in [6, 6.07) is 7.98. The number of nitrogens with one attached hydrogen (secondary N) is 2. The number of hydrogen-bond acceptors (Lipinski definition) is 3. The van der Waals surface area contributed by atoms with Gasteiger partial charge in [-0.1, -0.05) is 6.07 Å². The second-order valence-corrected chi connectivity index (χ2v) is 6.02. The van der Waals surface area contributed by atoms with Crippen LogP contribution in [0.4, 0.5) is 0 Å². The molecular weight excluding hydrogens is 288 g/mol. The van der Waals surface area contributed by atoms with E-state index in [0.717, 1.165) is 41.6 Å². The van der Waals surface area contributed by atoms with Gasteiger partial charge < -0.3 is 10.3 Å². The Bertz CT molecular complexity index is 822. The highest BCUT2D eigenvalue weighted by atomic mass is 16.1. The van der Waals surface area contributed by atoms with Crippen molar-refractivity contribution < 1.29 is 4.79 Å². The van der Waals surface area contributed by atoms with E-state index in [9.17, 15) is 4.79 Å². The number of aromatic amines is 1. The zero-order valence-corrected chi connectivity index (χ0v) is 12.7. The van der Waals surface area contributed by atoms with E-state index in [4.69, 9.17) is 0 Å². The number of hydrogen-bond donors (Lipinski definition) is 2. The van der Waals surface area contributed by atoms with Gasteiger partial charge in [0.1, 0.15) is 0 Å². The lowest BCUT2D eigenvalue weighted by Crippen LogP contribution is -2.34. The van der Waals surface area contributed by atoms with E-state index >= 15 is 0 Å². The molecule has 4 rings (SSSR count). The number of aromatic nitrogens is 3. The molecule has 0 saturated carbocycles. The van der Waals surface area contributed by atoms with Crippen LogP contribution in [0.2, 0.25) is 0 Å². The van der Waals surface area contributed by atoms with E-state index in [0.29, 0.717) is 6.54 Å². The summed E-state index contributed by atoms with van der Waals surface area (Å²) in [4.78, 5) is 24.2. The Morgan fingerprint density at radius 2 is 2.30 bits per heavy atom. The first-order chi connectivity index (χ1) is 11.3.